The molecule has 1 aromatic heterocycles. The summed E-state index contributed by atoms with van der Waals surface area (Å²) in [6.07, 6.45) is 10.4. The average Bonchev–Trinajstić information content (AvgIpc) is 2.86. The Kier molecular flexibility index (Phi) is 6.05. The summed E-state index contributed by atoms with van der Waals surface area (Å²) >= 11 is 2.08. The van der Waals surface area contributed by atoms with Crippen molar-refractivity contribution < 1.29 is 4.79 Å². The van der Waals surface area contributed by atoms with Crippen molar-refractivity contribution in [3.63, 3.8) is 0 Å². The second kappa shape index (κ2) is 8.69. The van der Waals surface area contributed by atoms with Gasteiger partial charge in [-0.1, -0.05) is 42.7 Å². The summed E-state index contributed by atoms with van der Waals surface area (Å²) in [4.78, 5) is 19.4. The highest BCUT2D eigenvalue weighted by atomic mass is 32.2. The summed E-state index contributed by atoms with van der Waals surface area (Å²) in [5.74, 6) is 1.97. The summed E-state index contributed by atoms with van der Waals surface area (Å²) in [5.41, 5.74) is 3.90. The third-order valence-corrected chi connectivity index (χ3v) is 8.07. The molecule has 2 heterocycles. The van der Waals surface area contributed by atoms with E-state index in [-0.39, 0.29) is 4.75 Å². The van der Waals surface area contributed by atoms with Gasteiger partial charge in [-0.2, -0.15) is 11.8 Å². The van der Waals surface area contributed by atoms with Crippen molar-refractivity contribution in [2.45, 2.75) is 56.7 Å². The Bertz CT molecular complexity index is 792. The quantitative estimate of drug-likeness (QED) is 0.729. The highest BCUT2D eigenvalue weighted by molar-refractivity contribution is 8.00. The smallest absolute Gasteiger partial charge is 0.224 e. The number of carbonyl (C=O) groups is 1. The fraction of sp³-hybridized carbons (Fsp3) is 0.500. The lowest BCUT2D eigenvalue weighted by Crippen LogP contribution is -2.42. The standard InChI is InChI=1S/C24H30N2OS/c1-19-5-7-20(8-6-19)16-22-4-2-3-11-24(22)17-23(27)26(14-15-28-24)18-21-9-12-25-13-10-21/h5-10,12-13,22H,2-4,11,14-18H2,1H3. The second-order valence-electron chi connectivity index (χ2n) is 8.39. The van der Waals surface area contributed by atoms with E-state index in [0.29, 0.717) is 24.8 Å². The van der Waals surface area contributed by atoms with E-state index in [1.54, 1.807) is 0 Å². The molecule has 0 N–H and O–H groups in total. The molecule has 4 rings (SSSR count). The molecule has 1 saturated heterocycles. The molecule has 1 spiro atoms. The van der Waals surface area contributed by atoms with Crippen LogP contribution in [0, 0.1) is 12.8 Å². The molecule has 2 aliphatic rings. The number of aromatic nitrogens is 1. The highest BCUT2D eigenvalue weighted by Gasteiger charge is 2.44. The monoisotopic (exact) mass is 394 g/mol. The number of carbonyl (C=O) groups excluding carboxylic acids is 1. The Hall–Kier alpha value is -1.81. The van der Waals surface area contributed by atoms with Gasteiger partial charge in [-0.3, -0.25) is 9.78 Å². The van der Waals surface area contributed by atoms with Gasteiger partial charge in [-0.15, -0.1) is 0 Å². The summed E-state index contributed by atoms with van der Waals surface area (Å²) in [5, 5.41) is 0. The van der Waals surface area contributed by atoms with Gasteiger partial charge in [-0.25, -0.2) is 0 Å². The molecule has 2 atom stereocenters. The van der Waals surface area contributed by atoms with Gasteiger partial charge in [0, 0.05) is 42.4 Å². The zero-order valence-electron chi connectivity index (χ0n) is 16.8. The van der Waals surface area contributed by atoms with Gasteiger partial charge in [0.2, 0.25) is 5.91 Å². The van der Waals surface area contributed by atoms with Gasteiger partial charge in [0.25, 0.3) is 0 Å². The van der Waals surface area contributed by atoms with Crippen LogP contribution in [0.1, 0.15) is 48.8 Å². The van der Waals surface area contributed by atoms with Gasteiger partial charge in [0.05, 0.1) is 0 Å². The minimum absolute atomic E-state index is 0.118. The number of pyridine rings is 1. The van der Waals surface area contributed by atoms with Crippen LogP contribution in [0.4, 0.5) is 0 Å². The predicted octanol–water partition coefficient (Wildman–Crippen LogP) is 5.03. The number of benzene rings is 1. The van der Waals surface area contributed by atoms with Crippen LogP contribution in [-0.4, -0.2) is 32.8 Å². The van der Waals surface area contributed by atoms with Crippen LogP contribution in [0.5, 0.6) is 0 Å². The second-order valence-corrected chi connectivity index (χ2v) is 9.90. The van der Waals surface area contributed by atoms with E-state index in [1.807, 2.05) is 24.5 Å². The lowest BCUT2D eigenvalue weighted by atomic mass is 9.73. The van der Waals surface area contributed by atoms with Crippen molar-refractivity contribution in [1.29, 1.82) is 0 Å². The Balaban J connectivity index is 1.50. The molecule has 148 valence electrons. The van der Waals surface area contributed by atoms with Crippen LogP contribution in [0.2, 0.25) is 0 Å². The van der Waals surface area contributed by atoms with Crippen molar-refractivity contribution >= 4 is 17.7 Å². The number of thioether (sulfide) groups is 1. The van der Waals surface area contributed by atoms with E-state index < -0.39 is 0 Å². The minimum Gasteiger partial charge on any atom is -0.337 e. The number of hydrogen-bond acceptors (Lipinski definition) is 3. The van der Waals surface area contributed by atoms with Crippen LogP contribution in [-0.2, 0) is 17.8 Å². The van der Waals surface area contributed by atoms with E-state index in [0.717, 1.165) is 18.7 Å². The largest absolute Gasteiger partial charge is 0.337 e. The molecule has 0 bridgehead atoms. The molecule has 3 nitrogen and oxygen atoms in total. The molecule has 1 aromatic carbocycles. The van der Waals surface area contributed by atoms with Crippen molar-refractivity contribution in [3.05, 3.63) is 65.5 Å². The van der Waals surface area contributed by atoms with Crippen molar-refractivity contribution in [1.82, 2.24) is 9.88 Å². The molecule has 0 radical (unpaired) electrons. The molecule has 2 fully saturated rings. The number of nitrogens with zero attached hydrogens (tertiary/aromatic N) is 2. The Morgan fingerprint density at radius 3 is 2.68 bits per heavy atom. The first kappa shape index (κ1) is 19.5. The van der Waals surface area contributed by atoms with Gasteiger partial charge < -0.3 is 4.90 Å². The Labute approximate surface area is 172 Å². The number of aryl methyl sites for hydroxylation is 1. The molecule has 1 saturated carbocycles. The summed E-state index contributed by atoms with van der Waals surface area (Å²) in [6.45, 7) is 3.70. The predicted molar refractivity (Wildman–Crippen MR) is 116 cm³/mol. The van der Waals surface area contributed by atoms with E-state index in [9.17, 15) is 4.79 Å². The molecular formula is C24H30N2OS. The topological polar surface area (TPSA) is 33.2 Å². The number of rotatable bonds is 4. The molecule has 4 heteroatoms. The fourth-order valence-electron chi connectivity index (χ4n) is 4.78. The zero-order chi connectivity index (χ0) is 19.4. The van der Waals surface area contributed by atoms with E-state index in [2.05, 4.69) is 52.8 Å². The molecular weight excluding hydrogens is 364 g/mol. The van der Waals surface area contributed by atoms with Crippen LogP contribution < -0.4 is 0 Å². The van der Waals surface area contributed by atoms with Crippen molar-refractivity contribution in [3.8, 4) is 0 Å². The molecule has 2 aromatic rings. The SMILES string of the molecule is Cc1ccc(CC2CCCCC23CC(=O)N(Cc2ccncc2)CCS3)cc1. The van der Waals surface area contributed by atoms with Gasteiger partial charge >= 0.3 is 0 Å². The zero-order valence-corrected chi connectivity index (χ0v) is 17.6. The first-order chi connectivity index (χ1) is 13.6. The first-order valence-electron chi connectivity index (χ1n) is 10.5. The van der Waals surface area contributed by atoms with Crippen molar-refractivity contribution in [2.75, 3.05) is 12.3 Å². The fourth-order valence-corrected chi connectivity index (χ4v) is 6.45. The maximum atomic E-state index is 13.2. The van der Waals surface area contributed by atoms with Crippen LogP contribution in [0.15, 0.2) is 48.8 Å². The summed E-state index contributed by atoms with van der Waals surface area (Å²) < 4.78 is 0.118. The van der Waals surface area contributed by atoms with Gasteiger partial charge in [-0.05, 0) is 55.4 Å². The van der Waals surface area contributed by atoms with Gasteiger partial charge in [0.1, 0.15) is 0 Å². The molecule has 2 unspecified atom stereocenters. The molecule has 1 amide bonds. The Morgan fingerprint density at radius 1 is 1.11 bits per heavy atom. The third-order valence-electron chi connectivity index (χ3n) is 6.43. The van der Waals surface area contributed by atoms with E-state index >= 15 is 0 Å². The molecule has 1 aliphatic carbocycles. The Morgan fingerprint density at radius 2 is 1.89 bits per heavy atom. The third kappa shape index (κ3) is 4.43. The average molecular weight is 395 g/mol. The summed E-state index contributed by atoms with van der Waals surface area (Å²) in [7, 11) is 0. The van der Waals surface area contributed by atoms with Crippen molar-refractivity contribution in [2.24, 2.45) is 5.92 Å². The van der Waals surface area contributed by atoms with Crippen LogP contribution in [0.3, 0.4) is 0 Å². The van der Waals surface area contributed by atoms with Crippen LogP contribution >= 0.6 is 11.8 Å². The highest BCUT2D eigenvalue weighted by Crippen LogP contribution is 2.49. The first-order valence-corrected chi connectivity index (χ1v) is 11.5. The maximum absolute atomic E-state index is 13.2. The minimum atomic E-state index is 0.118. The van der Waals surface area contributed by atoms with E-state index in [4.69, 9.17) is 0 Å². The maximum Gasteiger partial charge on any atom is 0.224 e. The van der Waals surface area contributed by atoms with Crippen LogP contribution in [0.25, 0.3) is 0 Å². The molecule has 1 aliphatic heterocycles. The lowest BCUT2D eigenvalue weighted by Gasteiger charge is -2.43. The van der Waals surface area contributed by atoms with E-state index in [1.165, 1.54) is 42.4 Å². The lowest BCUT2D eigenvalue weighted by molar-refractivity contribution is -0.132. The normalized spacial score (nSPS) is 25.7. The summed E-state index contributed by atoms with van der Waals surface area (Å²) in [6, 6.07) is 13.0. The van der Waals surface area contributed by atoms with Gasteiger partial charge in [0.15, 0.2) is 0 Å². The number of amides is 1. The molecule has 28 heavy (non-hydrogen) atoms. The number of hydrogen-bond donors (Lipinski definition) is 0.